The van der Waals surface area contributed by atoms with E-state index in [1.807, 2.05) is 24.3 Å². The van der Waals surface area contributed by atoms with Crippen LogP contribution in [0.3, 0.4) is 0 Å². The number of rotatable bonds is 2. The molecule has 0 amide bonds. The lowest BCUT2D eigenvalue weighted by atomic mass is 10.2. The summed E-state index contributed by atoms with van der Waals surface area (Å²) in [6.45, 7) is 0. The van der Waals surface area contributed by atoms with Crippen molar-refractivity contribution in [3.63, 3.8) is 0 Å². The number of para-hydroxylation sites is 2. The second-order valence-electron chi connectivity index (χ2n) is 4.77. The topological polar surface area (TPSA) is 80.5 Å². The van der Waals surface area contributed by atoms with E-state index in [0.717, 1.165) is 11.0 Å². The number of nitrogens with zero attached hydrogens (tertiary/aromatic N) is 5. The number of nitriles is 1. The highest BCUT2D eigenvalue weighted by Crippen LogP contribution is 2.29. The maximum atomic E-state index is 9.40. The average molecular weight is 319 g/mol. The van der Waals surface area contributed by atoms with E-state index < -0.39 is 0 Å². The minimum Gasteiger partial charge on any atom is -0.463 e. The summed E-state index contributed by atoms with van der Waals surface area (Å²) in [4.78, 5) is 8.89. The van der Waals surface area contributed by atoms with Crippen molar-refractivity contribution in [2.24, 2.45) is 0 Å². The molecule has 1 aromatic carbocycles. The van der Waals surface area contributed by atoms with Crippen molar-refractivity contribution in [1.29, 1.82) is 5.26 Å². The minimum absolute atomic E-state index is 0.332. The van der Waals surface area contributed by atoms with Gasteiger partial charge in [0.05, 0.1) is 23.5 Å². The van der Waals surface area contributed by atoms with Crippen LogP contribution in [-0.2, 0) is 0 Å². The van der Waals surface area contributed by atoms with E-state index >= 15 is 0 Å². The highest BCUT2D eigenvalue weighted by atomic mass is 32.1. The van der Waals surface area contributed by atoms with Crippen molar-refractivity contribution in [1.82, 2.24) is 19.7 Å². The van der Waals surface area contributed by atoms with Crippen LogP contribution in [0.25, 0.3) is 28.3 Å². The molecule has 23 heavy (non-hydrogen) atoms. The Hall–Kier alpha value is -3.11. The lowest BCUT2D eigenvalue weighted by Gasteiger charge is -2.03. The minimum atomic E-state index is 0.332. The summed E-state index contributed by atoms with van der Waals surface area (Å²) in [5.74, 6) is 0.993. The van der Waals surface area contributed by atoms with Crippen LogP contribution in [0, 0.1) is 11.3 Å². The molecule has 110 valence electrons. The highest BCUT2D eigenvalue weighted by Gasteiger charge is 2.20. The van der Waals surface area contributed by atoms with Gasteiger partial charge in [0.1, 0.15) is 22.4 Å². The van der Waals surface area contributed by atoms with Crippen molar-refractivity contribution < 1.29 is 4.42 Å². The molecule has 0 aliphatic rings. The van der Waals surface area contributed by atoms with Gasteiger partial charge in [0.2, 0.25) is 0 Å². The number of aromatic nitrogens is 4. The van der Waals surface area contributed by atoms with Crippen LogP contribution in [0.5, 0.6) is 0 Å². The Morgan fingerprint density at radius 2 is 1.96 bits per heavy atom. The van der Waals surface area contributed by atoms with E-state index in [4.69, 9.17) is 4.42 Å². The number of benzene rings is 1. The van der Waals surface area contributed by atoms with Crippen LogP contribution >= 0.6 is 12.6 Å². The Morgan fingerprint density at radius 1 is 1.13 bits per heavy atom. The monoisotopic (exact) mass is 319 g/mol. The molecule has 0 atom stereocenters. The van der Waals surface area contributed by atoms with Gasteiger partial charge in [-0.1, -0.05) is 12.1 Å². The van der Waals surface area contributed by atoms with E-state index in [9.17, 15) is 5.26 Å². The quantitative estimate of drug-likeness (QED) is 0.574. The van der Waals surface area contributed by atoms with Crippen LogP contribution in [0.1, 0.15) is 5.56 Å². The van der Waals surface area contributed by atoms with Crippen LogP contribution < -0.4 is 0 Å². The second-order valence-corrected chi connectivity index (χ2v) is 5.19. The first-order valence-electron chi connectivity index (χ1n) is 6.76. The van der Waals surface area contributed by atoms with Crippen LogP contribution in [0.15, 0.2) is 58.3 Å². The van der Waals surface area contributed by atoms with Gasteiger partial charge in [0, 0.05) is 0 Å². The first-order valence-corrected chi connectivity index (χ1v) is 7.21. The Bertz CT molecular complexity index is 1050. The standard InChI is InChI=1S/C16H9N5OS/c17-8-10-15(13-6-3-7-22-13)20-21(16(10)23)14-9-18-11-4-1-2-5-12(11)19-14/h1-7,9,23H. The summed E-state index contributed by atoms with van der Waals surface area (Å²) in [6.07, 6.45) is 3.13. The molecule has 0 aliphatic carbocycles. The summed E-state index contributed by atoms with van der Waals surface area (Å²) in [7, 11) is 0. The highest BCUT2D eigenvalue weighted by molar-refractivity contribution is 7.80. The molecule has 0 fully saturated rings. The zero-order valence-corrected chi connectivity index (χ0v) is 12.6. The summed E-state index contributed by atoms with van der Waals surface area (Å²) in [5, 5.41) is 14.2. The normalized spacial score (nSPS) is 10.8. The molecule has 0 saturated heterocycles. The fourth-order valence-electron chi connectivity index (χ4n) is 2.31. The second kappa shape index (κ2) is 5.26. The number of thiol groups is 1. The van der Waals surface area contributed by atoms with E-state index in [-0.39, 0.29) is 0 Å². The van der Waals surface area contributed by atoms with Crippen LogP contribution in [-0.4, -0.2) is 19.7 Å². The Morgan fingerprint density at radius 3 is 2.70 bits per heavy atom. The summed E-state index contributed by atoms with van der Waals surface area (Å²) in [6, 6.07) is 13.1. The van der Waals surface area contributed by atoms with E-state index in [2.05, 4.69) is 33.8 Å². The van der Waals surface area contributed by atoms with Gasteiger partial charge in [0.25, 0.3) is 0 Å². The molecular weight excluding hydrogens is 310 g/mol. The summed E-state index contributed by atoms with van der Waals surface area (Å²) < 4.78 is 6.82. The van der Waals surface area contributed by atoms with Crippen molar-refractivity contribution in [2.75, 3.05) is 0 Å². The van der Waals surface area contributed by atoms with Crippen molar-refractivity contribution in [3.05, 3.63) is 54.4 Å². The van der Waals surface area contributed by atoms with Gasteiger partial charge in [-0.05, 0) is 24.3 Å². The molecule has 4 rings (SSSR count). The van der Waals surface area contributed by atoms with Crippen molar-refractivity contribution >= 4 is 23.7 Å². The van der Waals surface area contributed by atoms with Gasteiger partial charge in [-0.3, -0.25) is 4.98 Å². The molecule has 0 N–H and O–H groups in total. The third-order valence-corrected chi connectivity index (χ3v) is 3.79. The zero-order chi connectivity index (χ0) is 15.8. The first kappa shape index (κ1) is 13.5. The van der Waals surface area contributed by atoms with Gasteiger partial charge in [0.15, 0.2) is 11.6 Å². The smallest absolute Gasteiger partial charge is 0.173 e. The van der Waals surface area contributed by atoms with Crippen molar-refractivity contribution in [3.8, 4) is 23.3 Å². The molecule has 0 unspecified atom stereocenters. The fraction of sp³-hybridized carbons (Fsp3) is 0. The predicted octanol–water partition coefficient (Wildman–Crippen LogP) is 3.24. The Balaban J connectivity index is 1.93. The van der Waals surface area contributed by atoms with Gasteiger partial charge >= 0.3 is 0 Å². The SMILES string of the molecule is N#Cc1c(-c2ccco2)nn(-c2cnc3ccccc3n2)c1S. The molecule has 0 radical (unpaired) electrons. The van der Waals surface area contributed by atoms with E-state index in [1.54, 1.807) is 18.3 Å². The van der Waals surface area contributed by atoms with Gasteiger partial charge in [-0.2, -0.15) is 10.4 Å². The third-order valence-electron chi connectivity index (χ3n) is 3.38. The van der Waals surface area contributed by atoms with Crippen LogP contribution in [0.4, 0.5) is 0 Å². The summed E-state index contributed by atoms with van der Waals surface area (Å²) in [5.41, 5.74) is 2.29. The van der Waals surface area contributed by atoms with Gasteiger partial charge in [-0.25, -0.2) is 9.67 Å². The Labute approximate surface area is 136 Å². The van der Waals surface area contributed by atoms with E-state index in [1.165, 1.54) is 10.9 Å². The van der Waals surface area contributed by atoms with E-state index in [0.29, 0.717) is 27.9 Å². The van der Waals surface area contributed by atoms with Gasteiger partial charge < -0.3 is 4.42 Å². The average Bonchev–Trinajstić information content (AvgIpc) is 3.22. The molecule has 6 nitrogen and oxygen atoms in total. The Kier molecular flexibility index (Phi) is 3.10. The maximum Gasteiger partial charge on any atom is 0.173 e. The summed E-state index contributed by atoms with van der Waals surface area (Å²) >= 11 is 4.42. The molecule has 4 aromatic rings. The number of fused-ring (bicyclic) bond motifs is 1. The molecule has 0 aliphatic heterocycles. The zero-order valence-electron chi connectivity index (χ0n) is 11.7. The molecule has 0 spiro atoms. The molecule has 7 heteroatoms. The molecule has 0 saturated carbocycles. The van der Waals surface area contributed by atoms with Crippen LogP contribution in [0.2, 0.25) is 0 Å². The lowest BCUT2D eigenvalue weighted by molar-refractivity contribution is 0.578. The molecule has 0 bridgehead atoms. The fourth-order valence-corrected chi connectivity index (χ4v) is 2.61. The molecular formula is C16H9N5OS. The molecule has 3 aromatic heterocycles. The molecule has 3 heterocycles. The van der Waals surface area contributed by atoms with Crippen molar-refractivity contribution in [2.45, 2.75) is 5.03 Å². The first-order chi connectivity index (χ1) is 11.3. The number of hydrogen-bond donors (Lipinski definition) is 1. The third kappa shape index (κ3) is 2.17. The largest absolute Gasteiger partial charge is 0.463 e. The van der Waals surface area contributed by atoms with Gasteiger partial charge in [-0.15, -0.1) is 12.6 Å². The predicted molar refractivity (Wildman–Crippen MR) is 86.3 cm³/mol. The number of furan rings is 1. The lowest BCUT2D eigenvalue weighted by Crippen LogP contribution is -2.01. The maximum absolute atomic E-state index is 9.40. The number of hydrogen-bond acceptors (Lipinski definition) is 6.